The maximum atomic E-state index is 12.4. The van der Waals surface area contributed by atoms with Crippen LogP contribution < -0.4 is 0 Å². The Morgan fingerprint density at radius 3 is 2.17 bits per heavy atom. The zero-order chi connectivity index (χ0) is 8.60. The third-order valence-corrected chi connectivity index (χ3v) is 2.41. The average molecular weight is 166 g/mol. The first-order chi connectivity index (χ1) is 5.73. The fourth-order valence-corrected chi connectivity index (χ4v) is 1.77. The molecule has 1 N–H and O–H groups in total. The molecule has 0 atom stereocenters. The minimum Gasteiger partial charge on any atom is -0.386 e. The molecule has 2 heteroatoms. The first-order valence-electron chi connectivity index (χ1n) is 4.09. The molecule has 0 heterocycles. The predicted molar refractivity (Wildman–Crippen MR) is 44.8 cm³/mol. The van der Waals surface area contributed by atoms with Gasteiger partial charge in [0.15, 0.2) is 0 Å². The van der Waals surface area contributed by atoms with Crippen LogP contribution in [0.5, 0.6) is 0 Å². The number of alkyl halides is 1. The first kappa shape index (κ1) is 7.74. The van der Waals surface area contributed by atoms with Crippen molar-refractivity contribution < 1.29 is 9.50 Å². The van der Waals surface area contributed by atoms with Gasteiger partial charge in [0.05, 0.1) is 0 Å². The summed E-state index contributed by atoms with van der Waals surface area (Å²) in [7, 11) is 0. The lowest BCUT2D eigenvalue weighted by Gasteiger charge is -2.16. The van der Waals surface area contributed by atoms with Crippen LogP contribution in [0.1, 0.15) is 11.1 Å². The van der Waals surface area contributed by atoms with E-state index in [1.165, 1.54) is 0 Å². The molecule has 0 saturated carbocycles. The molecule has 0 amide bonds. The van der Waals surface area contributed by atoms with E-state index in [2.05, 4.69) is 0 Å². The molecule has 0 saturated heterocycles. The van der Waals surface area contributed by atoms with E-state index in [0.717, 1.165) is 11.1 Å². The van der Waals surface area contributed by atoms with E-state index in [9.17, 15) is 9.50 Å². The van der Waals surface area contributed by atoms with Gasteiger partial charge in [0.25, 0.3) is 0 Å². The summed E-state index contributed by atoms with van der Waals surface area (Å²) in [6, 6.07) is 7.73. The second-order valence-corrected chi connectivity index (χ2v) is 3.48. The van der Waals surface area contributed by atoms with Gasteiger partial charge in [0, 0.05) is 12.8 Å². The fourth-order valence-electron chi connectivity index (χ4n) is 1.77. The van der Waals surface area contributed by atoms with E-state index in [4.69, 9.17) is 0 Å². The van der Waals surface area contributed by atoms with Crippen LogP contribution in [-0.2, 0) is 12.8 Å². The van der Waals surface area contributed by atoms with E-state index in [1.807, 2.05) is 24.3 Å². The molecule has 1 aliphatic rings. The Balaban J connectivity index is 2.33. The fraction of sp³-hybridized carbons (Fsp3) is 0.400. The monoisotopic (exact) mass is 166 g/mol. The second kappa shape index (κ2) is 2.56. The lowest BCUT2D eigenvalue weighted by molar-refractivity contribution is 0.0256. The zero-order valence-electron chi connectivity index (χ0n) is 6.76. The van der Waals surface area contributed by atoms with Crippen molar-refractivity contribution in [2.75, 3.05) is 6.67 Å². The number of rotatable bonds is 1. The van der Waals surface area contributed by atoms with Crippen LogP contribution in [0.15, 0.2) is 24.3 Å². The Bertz CT molecular complexity index is 271. The molecule has 0 fully saturated rings. The molecule has 1 nitrogen and oxygen atoms in total. The van der Waals surface area contributed by atoms with Crippen molar-refractivity contribution in [1.82, 2.24) is 0 Å². The van der Waals surface area contributed by atoms with Crippen LogP contribution in [0, 0.1) is 0 Å². The maximum Gasteiger partial charge on any atom is 0.119 e. The quantitative estimate of drug-likeness (QED) is 0.670. The molecule has 1 aliphatic carbocycles. The number of aliphatic hydroxyl groups is 1. The number of hydrogen-bond donors (Lipinski definition) is 1. The van der Waals surface area contributed by atoms with Gasteiger partial charge in [0.2, 0.25) is 0 Å². The Morgan fingerprint density at radius 1 is 1.25 bits per heavy atom. The molecular weight excluding hydrogens is 155 g/mol. The molecule has 1 aromatic rings. The van der Waals surface area contributed by atoms with Crippen molar-refractivity contribution in [2.45, 2.75) is 18.4 Å². The Kier molecular flexibility index (Phi) is 1.65. The van der Waals surface area contributed by atoms with E-state index >= 15 is 0 Å². The summed E-state index contributed by atoms with van der Waals surface area (Å²) in [5, 5.41) is 9.65. The van der Waals surface area contributed by atoms with Gasteiger partial charge in [-0.05, 0) is 11.1 Å². The Hall–Kier alpha value is -0.890. The van der Waals surface area contributed by atoms with Gasteiger partial charge in [-0.25, -0.2) is 4.39 Å². The van der Waals surface area contributed by atoms with Crippen LogP contribution in [-0.4, -0.2) is 17.4 Å². The van der Waals surface area contributed by atoms with Crippen molar-refractivity contribution in [2.24, 2.45) is 0 Å². The third kappa shape index (κ3) is 1.12. The van der Waals surface area contributed by atoms with Gasteiger partial charge in [-0.1, -0.05) is 24.3 Å². The van der Waals surface area contributed by atoms with Gasteiger partial charge < -0.3 is 5.11 Å². The number of hydrogen-bond acceptors (Lipinski definition) is 1. The molecule has 0 bridgehead atoms. The second-order valence-electron chi connectivity index (χ2n) is 3.48. The number of benzene rings is 1. The largest absolute Gasteiger partial charge is 0.386 e. The van der Waals surface area contributed by atoms with Crippen LogP contribution in [0.2, 0.25) is 0 Å². The Labute approximate surface area is 70.8 Å². The van der Waals surface area contributed by atoms with E-state index in [0.29, 0.717) is 12.8 Å². The van der Waals surface area contributed by atoms with E-state index in [-0.39, 0.29) is 0 Å². The first-order valence-corrected chi connectivity index (χ1v) is 4.09. The molecule has 0 aliphatic heterocycles. The lowest BCUT2D eigenvalue weighted by atomic mass is 10.0. The molecule has 0 unspecified atom stereocenters. The number of fused-ring (bicyclic) bond motifs is 1. The van der Waals surface area contributed by atoms with Crippen molar-refractivity contribution in [3.63, 3.8) is 0 Å². The van der Waals surface area contributed by atoms with Gasteiger partial charge in [-0.3, -0.25) is 0 Å². The van der Waals surface area contributed by atoms with E-state index < -0.39 is 12.3 Å². The topological polar surface area (TPSA) is 20.2 Å². The third-order valence-electron chi connectivity index (χ3n) is 2.41. The van der Waals surface area contributed by atoms with Gasteiger partial charge in [0.1, 0.15) is 12.3 Å². The lowest BCUT2D eigenvalue weighted by Crippen LogP contribution is -2.31. The normalized spacial score (nSPS) is 19.2. The van der Waals surface area contributed by atoms with Gasteiger partial charge >= 0.3 is 0 Å². The summed E-state index contributed by atoms with van der Waals surface area (Å²) in [4.78, 5) is 0. The van der Waals surface area contributed by atoms with Crippen molar-refractivity contribution in [3.8, 4) is 0 Å². The summed E-state index contributed by atoms with van der Waals surface area (Å²) >= 11 is 0. The maximum absolute atomic E-state index is 12.4. The SMILES string of the molecule is OC1(CF)Cc2ccccc2C1. The minimum absolute atomic E-state index is 0.458. The smallest absolute Gasteiger partial charge is 0.119 e. The van der Waals surface area contributed by atoms with Crippen LogP contribution in [0.25, 0.3) is 0 Å². The standard InChI is InChI=1S/C10H11FO/c11-7-10(12)5-8-3-1-2-4-9(8)6-10/h1-4,12H,5-7H2. The minimum atomic E-state index is -1.12. The highest BCUT2D eigenvalue weighted by Crippen LogP contribution is 2.29. The van der Waals surface area contributed by atoms with E-state index in [1.54, 1.807) is 0 Å². The highest BCUT2D eigenvalue weighted by atomic mass is 19.1. The Morgan fingerprint density at radius 2 is 1.75 bits per heavy atom. The van der Waals surface area contributed by atoms with Crippen molar-refractivity contribution in [3.05, 3.63) is 35.4 Å². The average Bonchev–Trinajstić information content (AvgIpc) is 2.42. The van der Waals surface area contributed by atoms with Crippen molar-refractivity contribution in [1.29, 1.82) is 0 Å². The zero-order valence-corrected chi connectivity index (χ0v) is 6.76. The molecule has 64 valence electrons. The molecule has 1 aromatic carbocycles. The van der Waals surface area contributed by atoms with Crippen molar-refractivity contribution >= 4 is 0 Å². The molecular formula is C10H11FO. The van der Waals surface area contributed by atoms with Crippen LogP contribution >= 0.6 is 0 Å². The van der Waals surface area contributed by atoms with Crippen LogP contribution in [0.3, 0.4) is 0 Å². The molecule has 0 radical (unpaired) electrons. The van der Waals surface area contributed by atoms with Gasteiger partial charge in [-0.2, -0.15) is 0 Å². The molecule has 12 heavy (non-hydrogen) atoms. The van der Waals surface area contributed by atoms with Crippen LogP contribution in [0.4, 0.5) is 4.39 Å². The summed E-state index contributed by atoms with van der Waals surface area (Å²) in [6.07, 6.45) is 0.916. The summed E-state index contributed by atoms with van der Waals surface area (Å²) in [6.45, 7) is -0.651. The molecule has 0 aromatic heterocycles. The highest BCUT2D eigenvalue weighted by Gasteiger charge is 2.34. The highest BCUT2D eigenvalue weighted by molar-refractivity contribution is 5.35. The molecule has 2 rings (SSSR count). The molecule has 0 spiro atoms. The summed E-state index contributed by atoms with van der Waals surface area (Å²) < 4.78 is 12.4. The van der Waals surface area contributed by atoms with Gasteiger partial charge in [-0.15, -0.1) is 0 Å². The predicted octanol–water partition coefficient (Wildman–Crippen LogP) is 1.49. The summed E-state index contributed by atoms with van der Waals surface area (Å²) in [5.74, 6) is 0. The summed E-state index contributed by atoms with van der Waals surface area (Å²) in [5.41, 5.74) is 1.04. The number of halogens is 1.